The van der Waals surface area contributed by atoms with E-state index < -0.39 is 0 Å². The molecule has 1 aromatic rings. The van der Waals surface area contributed by atoms with Crippen molar-refractivity contribution in [2.75, 3.05) is 51.3 Å². The van der Waals surface area contributed by atoms with E-state index in [9.17, 15) is 4.79 Å². The van der Waals surface area contributed by atoms with Gasteiger partial charge in [0.15, 0.2) is 0 Å². The van der Waals surface area contributed by atoms with E-state index in [4.69, 9.17) is 4.74 Å². The van der Waals surface area contributed by atoms with Crippen LogP contribution in [0.15, 0.2) is 24.3 Å². The zero-order valence-electron chi connectivity index (χ0n) is 15.4. The first-order valence-corrected chi connectivity index (χ1v) is 9.64. The minimum absolute atomic E-state index is 0.0926. The van der Waals surface area contributed by atoms with E-state index in [1.807, 2.05) is 12.1 Å². The average Bonchev–Trinajstić information content (AvgIpc) is 3.42. The number of carbonyl (C=O) groups is 1. The molecular formula is C20H31N3O2. The van der Waals surface area contributed by atoms with Gasteiger partial charge in [0.2, 0.25) is 5.91 Å². The summed E-state index contributed by atoms with van der Waals surface area (Å²) in [4.78, 5) is 17.0. The van der Waals surface area contributed by atoms with Crippen molar-refractivity contribution in [3.63, 3.8) is 0 Å². The maximum absolute atomic E-state index is 12.3. The minimum atomic E-state index is 0.0926. The van der Waals surface area contributed by atoms with Crippen LogP contribution in [0.5, 0.6) is 0 Å². The second-order valence-electron chi connectivity index (χ2n) is 7.31. The lowest BCUT2D eigenvalue weighted by molar-refractivity contribution is -0.117. The van der Waals surface area contributed by atoms with Crippen LogP contribution in [0.4, 0.5) is 5.69 Å². The average molecular weight is 345 g/mol. The Bertz CT molecular complexity index is 536. The summed E-state index contributed by atoms with van der Waals surface area (Å²) in [5.41, 5.74) is 2.17. The summed E-state index contributed by atoms with van der Waals surface area (Å²) in [7, 11) is 0. The van der Waals surface area contributed by atoms with Crippen LogP contribution in [0, 0.1) is 5.92 Å². The molecule has 0 unspecified atom stereocenters. The lowest BCUT2D eigenvalue weighted by Gasteiger charge is -2.26. The molecule has 0 bridgehead atoms. The Labute approximate surface area is 151 Å². The number of morpholine rings is 1. The number of hydrogen-bond donors (Lipinski definition) is 1. The summed E-state index contributed by atoms with van der Waals surface area (Å²) in [6.07, 6.45) is 3.75. The third-order valence-electron chi connectivity index (χ3n) is 4.87. The molecule has 2 fully saturated rings. The van der Waals surface area contributed by atoms with E-state index in [0.717, 1.165) is 64.0 Å². The summed E-state index contributed by atoms with van der Waals surface area (Å²) in [5, 5.41) is 3.04. The van der Waals surface area contributed by atoms with Gasteiger partial charge in [-0.1, -0.05) is 19.1 Å². The Kier molecular flexibility index (Phi) is 6.84. The Balaban J connectivity index is 1.45. The van der Waals surface area contributed by atoms with Crippen molar-refractivity contribution in [3.8, 4) is 0 Å². The number of anilines is 1. The number of benzene rings is 1. The van der Waals surface area contributed by atoms with Crippen LogP contribution in [0.2, 0.25) is 0 Å². The monoisotopic (exact) mass is 345 g/mol. The molecule has 0 spiro atoms. The maximum atomic E-state index is 12.3. The van der Waals surface area contributed by atoms with Crippen molar-refractivity contribution in [1.82, 2.24) is 9.80 Å². The highest BCUT2D eigenvalue weighted by Gasteiger charge is 2.24. The zero-order chi connectivity index (χ0) is 17.5. The standard InChI is InChI=1S/C20H31N3O2/c1-2-9-23(15-17-3-4-17)16-20(24)21-19-7-5-18(6-8-19)14-22-10-12-25-13-11-22/h5-8,17H,2-4,9-16H2,1H3,(H,21,24). The van der Waals surface area contributed by atoms with Gasteiger partial charge in [-0.15, -0.1) is 0 Å². The number of carbonyl (C=O) groups excluding carboxylic acids is 1. The molecule has 1 saturated heterocycles. The van der Waals surface area contributed by atoms with Crippen LogP contribution in [-0.2, 0) is 16.1 Å². The Morgan fingerprint density at radius 1 is 1.24 bits per heavy atom. The number of hydrogen-bond acceptors (Lipinski definition) is 4. The molecule has 1 saturated carbocycles. The van der Waals surface area contributed by atoms with Gasteiger partial charge in [-0.2, -0.15) is 0 Å². The van der Waals surface area contributed by atoms with E-state index in [-0.39, 0.29) is 5.91 Å². The molecule has 5 heteroatoms. The second-order valence-corrected chi connectivity index (χ2v) is 7.31. The molecule has 0 radical (unpaired) electrons. The van der Waals surface area contributed by atoms with E-state index in [1.165, 1.54) is 18.4 Å². The minimum Gasteiger partial charge on any atom is -0.379 e. The number of amides is 1. The van der Waals surface area contributed by atoms with Gasteiger partial charge in [-0.05, 0) is 49.4 Å². The van der Waals surface area contributed by atoms with E-state index in [0.29, 0.717) is 6.54 Å². The van der Waals surface area contributed by atoms with Gasteiger partial charge in [0.25, 0.3) is 0 Å². The molecule has 1 heterocycles. The summed E-state index contributed by atoms with van der Waals surface area (Å²) >= 11 is 0. The summed E-state index contributed by atoms with van der Waals surface area (Å²) in [5.74, 6) is 0.911. The first kappa shape index (κ1) is 18.4. The normalized spacial score (nSPS) is 18.5. The third kappa shape index (κ3) is 6.42. The molecule has 1 amide bonds. The first-order chi connectivity index (χ1) is 12.2. The molecule has 1 aliphatic carbocycles. The highest BCUT2D eigenvalue weighted by Crippen LogP contribution is 2.29. The summed E-state index contributed by atoms with van der Waals surface area (Å²) in [6, 6.07) is 8.25. The van der Waals surface area contributed by atoms with Gasteiger partial charge in [-0.3, -0.25) is 14.6 Å². The van der Waals surface area contributed by atoms with Crippen molar-refractivity contribution in [2.24, 2.45) is 5.92 Å². The second kappa shape index (κ2) is 9.32. The van der Waals surface area contributed by atoms with Crippen LogP contribution in [0.1, 0.15) is 31.7 Å². The molecule has 1 aromatic carbocycles. The Morgan fingerprint density at radius 2 is 1.96 bits per heavy atom. The summed E-state index contributed by atoms with van der Waals surface area (Å²) in [6.45, 7) is 9.32. The van der Waals surface area contributed by atoms with Gasteiger partial charge in [0.1, 0.15) is 0 Å². The molecule has 2 aliphatic rings. The quantitative estimate of drug-likeness (QED) is 0.747. The Morgan fingerprint density at radius 3 is 2.60 bits per heavy atom. The smallest absolute Gasteiger partial charge is 0.238 e. The van der Waals surface area contributed by atoms with Crippen molar-refractivity contribution < 1.29 is 9.53 Å². The fraction of sp³-hybridized carbons (Fsp3) is 0.650. The molecule has 3 rings (SSSR count). The Hall–Kier alpha value is -1.43. The highest BCUT2D eigenvalue weighted by atomic mass is 16.5. The first-order valence-electron chi connectivity index (χ1n) is 9.64. The van der Waals surface area contributed by atoms with Crippen LogP contribution in [0.25, 0.3) is 0 Å². The van der Waals surface area contributed by atoms with E-state index in [2.05, 4.69) is 34.2 Å². The lowest BCUT2D eigenvalue weighted by atomic mass is 10.2. The highest BCUT2D eigenvalue weighted by molar-refractivity contribution is 5.92. The molecule has 25 heavy (non-hydrogen) atoms. The van der Waals surface area contributed by atoms with Crippen molar-refractivity contribution in [3.05, 3.63) is 29.8 Å². The molecular weight excluding hydrogens is 314 g/mol. The van der Waals surface area contributed by atoms with Gasteiger partial charge in [-0.25, -0.2) is 0 Å². The number of nitrogens with one attached hydrogen (secondary N) is 1. The van der Waals surface area contributed by atoms with Crippen LogP contribution in [0.3, 0.4) is 0 Å². The molecule has 1 N–H and O–H groups in total. The molecule has 1 aliphatic heterocycles. The zero-order valence-corrected chi connectivity index (χ0v) is 15.4. The number of nitrogens with zero attached hydrogens (tertiary/aromatic N) is 2. The fourth-order valence-corrected chi connectivity index (χ4v) is 3.33. The van der Waals surface area contributed by atoms with Crippen molar-refractivity contribution in [1.29, 1.82) is 0 Å². The largest absolute Gasteiger partial charge is 0.379 e. The molecule has 0 aromatic heterocycles. The van der Waals surface area contributed by atoms with Gasteiger partial charge in [0.05, 0.1) is 19.8 Å². The number of rotatable bonds is 9. The van der Waals surface area contributed by atoms with E-state index >= 15 is 0 Å². The van der Waals surface area contributed by atoms with Crippen molar-refractivity contribution in [2.45, 2.75) is 32.7 Å². The molecule has 0 atom stereocenters. The number of ether oxygens (including phenoxy) is 1. The van der Waals surface area contributed by atoms with Gasteiger partial charge in [0, 0.05) is 31.9 Å². The third-order valence-corrected chi connectivity index (χ3v) is 4.87. The van der Waals surface area contributed by atoms with Gasteiger partial charge >= 0.3 is 0 Å². The fourth-order valence-electron chi connectivity index (χ4n) is 3.33. The van der Waals surface area contributed by atoms with E-state index in [1.54, 1.807) is 0 Å². The van der Waals surface area contributed by atoms with Crippen LogP contribution in [-0.4, -0.2) is 61.6 Å². The summed E-state index contributed by atoms with van der Waals surface area (Å²) < 4.78 is 5.38. The molecule has 5 nitrogen and oxygen atoms in total. The molecule has 138 valence electrons. The van der Waals surface area contributed by atoms with Crippen molar-refractivity contribution >= 4 is 11.6 Å². The van der Waals surface area contributed by atoms with Crippen LogP contribution < -0.4 is 5.32 Å². The SMILES string of the molecule is CCCN(CC(=O)Nc1ccc(CN2CCOCC2)cc1)CC1CC1. The maximum Gasteiger partial charge on any atom is 0.238 e. The topological polar surface area (TPSA) is 44.8 Å². The predicted molar refractivity (Wildman–Crippen MR) is 101 cm³/mol. The lowest BCUT2D eigenvalue weighted by Crippen LogP contribution is -2.35. The van der Waals surface area contributed by atoms with Gasteiger partial charge < -0.3 is 10.1 Å². The van der Waals surface area contributed by atoms with Crippen LogP contribution >= 0.6 is 0 Å². The predicted octanol–water partition coefficient (Wildman–Crippen LogP) is 2.58.